The lowest BCUT2D eigenvalue weighted by Gasteiger charge is -2.30. The Labute approximate surface area is 69.2 Å². The van der Waals surface area contributed by atoms with E-state index in [9.17, 15) is 0 Å². The average molecular weight is 156 g/mol. The minimum atomic E-state index is 0.288. The molecule has 0 unspecified atom stereocenters. The number of nitrogens with zero attached hydrogens (tertiary/aromatic N) is 1. The van der Waals surface area contributed by atoms with Crippen LogP contribution in [0.1, 0.15) is 25.7 Å². The Kier molecular flexibility index (Phi) is 3.87. The second kappa shape index (κ2) is 4.73. The predicted octanol–water partition coefficient (Wildman–Crippen LogP) is 1.06. The van der Waals surface area contributed by atoms with Crippen LogP contribution >= 0.6 is 0 Å². The summed E-state index contributed by atoms with van der Waals surface area (Å²) in [6.45, 7) is 1.11. The molecule has 0 amide bonds. The standard InChI is InChI=1S/C9H18NO/c1-10(7-8-11)9-5-3-2-4-6-9/h2,9,11H,3-8H2,1H3. The van der Waals surface area contributed by atoms with Crippen molar-refractivity contribution in [3.63, 3.8) is 0 Å². The molecule has 1 fully saturated rings. The fourth-order valence-electron chi connectivity index (χ4n) is 1.69. The maximum atomic E-state index is 8.72. The number of aliphatic hydroxyl groups excluding tert-OH is 1. The molecule has 0 saturated heterocycles. The smallest absolute Gasteiger partial charge is 0.0558 e. The van der Waals surface area contributed by atoms with E-state index in [4.69, 9.17) is 5.11 Å². The lowest BCUT2D eigenvalue weighted by atomic mass is 9.94. The van der Waals surface area contributed by atoms with Crippen LogP contribution in [0, 0.1) is 6.42 Å². The Morgan fingerprint density at radius 2 is 2.09 bits per heavy atom. The van der Waals surface area contributed by atoms with Crippen molar-refractivity contribution >= 4 is 0 Å². The quantitative estimate of drug-likeness (QED) is 0.660. The highest BCUT2D eigenvalue weighted by Crippen LogP contribution is 2.20. The molecule has 1 rings (SSSR count). The van der Waals surface area contributed by atoms with E-state index >= 15 is 0 Å². The van der Waals surface area contributed by atoms with Gasteiger partial charge >= 0.3 is 0 Å². The van der Waals surface area contributed by atoms with Gasteiger partial charge in [-0.1, -0.05) is 0 Å². The van der Waals surface area contributed by atoms with Crippen molar-refractivity contribution < 1.29 is 5.11 Å². The fourth-order valence-corrected chi connectivity index (χ4v) is 1.69. The molecule has 11 heavy (non-hydrogen) atoms. The molecule has 0 bridgehead atoms. The minimum absolute atomic E-state index is 0.288. The average Bonchev–Trinajstić information content (AvgIpc) is 2.07. The van der Waals surface area contributed by atoms with E-state index < -0.39 is 0 Å². The summed E-state index contributed by atoms with van der Waals surface area (Å²) < 4.78 is 0. The third-order valence-electron chi connectivity index (χ3n) is 2.48. The molecule has 1 aliphatic rings. The molecule has 2 heteroatoms. The van der Waals surface area contributed by atoms with Gasteiger partial charge in [0.25, 0.3) is 0 Å². The molecule has 1 saturated carbocycles. The second-order valence-electron chi connectivity index (χ2n) is 3.30. The Balaban J connectivity index is 2.21. The van der Waals surface area contributed by atoms with Gasteiger partial charge < -0.3 is 10.0 Å². The van der Waals surface area contributed by atoms with E-state index in [1.807, 2.05) is 0 Å². The van der Waals surface area contributed by atoms with Gasteiger partial charge in [-0.2, -0.15) is 0 Å². The molecule has 0 heterocycles. The first-order chi connectivity index (χ1) is 5.34. The maximum absolute atomic E-state index is 8.72. The summed E-state index contributed by atoms with van der Waals surface area (Å²) in [4.78, 5) is 2.27. The highest BCUT2D eigenvalue weighted by molar-refractivity contribution is 4.81. The monoisotopic (exact) mass is 156 g/mol. The Morgan fingerprint density at radius 1 is 1.45 bits per heavy atom. The zero-order chi connectivity index (χ0) is 8.10. The molecule has 0 atom stereocenters. The zero-order valence-electron chi connectivity index (χ0n) is 7.29. The van der Waals surface area contributed by atoms with Gasteiger partial charge in [-0.05, 0) is 39.2 Å². The van der Waals surface area contributed by atoms with Gasteiger partial charge in [0, 0.05) is 12.6 Å². The first-order valence-corrected chi connectivity index (χ1v) is 4.47. The van der Waals surface area contributed by atoms with E-state index in [-0.39, 0.29) is 6.61 Å². The topological polar surface area (TPSA) is 23.5 Å². The molecule has 65 valence electrons. The van der Waals surface area contributed by atoms with Crippen molar-refractivity contribution in [1.82, 2.24) is 4.90 Å². The van der Waals surface area contributed by atoms with E-state index in [0.717, 1.165) is 6.54 Å². The van der Waals surface area contributed by atoms with Crippen molar-refractivity contribution in [2.75, 3.05) is 20.2 Å². The highest BCUT2D eigenvalue weighted by Gasteiger charge is 2.16. The van der Waals surface area contributed by atoms with E-state index in [0.29, 0.717) is 6.04 Å². The van der Waals surface area contributed by atoms with Gasteiger partial charge in [0.15, 0.2) is 0 Å². The van der Waals surface area contributed by atoms with Crippen LogP contribution in [0.25, 0.3) is 0 Å². The Bertz CT molecular complexity index is 99.7. The number of likely N-dealkylation sites (N-methyl/N-ethyl adjacent to an activating group) is 1. The first-order valence-electron chi connectivity index (χ1n) is 4.47. The van der Waals surface area contributed by atoms with E-state index in [1.54, 1.807) is 0 Å². The summed E-state index contributed by atoms with van der Waals surface area (Å²) in [5.41, 5.74) is 0. The Hall–Kier alpha value is -0.0800. The lowest BCUT2D eigenvalue weighted by molar-refractivity contribution is 0.160. The molecule has 1 aliphatic carbocycles. The maximum Gasteiger partial charge on any atom is 0.0558 e. The second-order valence-corrected chi connectivity index (χ2v) is 3.30. The Morgan fingerprint density at radius 3 is 2.64 bits per heavy atom. The molecule has 1 N–H and O–H groups in total. The third-order valence-corrected chi connectivity index (χ3v) is 2.48. The van der Waals surface area contributed by atoms with Crippen LogP contribution in [0.5, 0.6) is 0 Å². The fraction of sp³-hybridized carbons (Fsp3) is 0.889. The summed E-state index contributed by atoms with van der Waals surface area (Å²) in [5, 5.41) is 8.72. The highest BCUT2D eigenvalue weighted by atomic mass is 16.3. The van der Waals surface area contributed by atoms with Crippen LogP contribution in [0.2, 0.25) is 0 Å². The van der Waals surface area contributed by atoms with Crippen LogP contribution in [0.4, 0.5) is 0 Å². The summed E-state index contributed by atoms with van der Waals surface area (Å²) >= 11 is 0. The van der Waals surface area contributed by atoms with Gasteiger partial charge in [0.1, 0.15) is 0 Å². The molecule has 1 radical (unpaired) electrons. The van der Waals surface area contributed by atoms with E-state index in [1.165, 1.54) is 25.7 Å². The van der Waals surface area contributed by atoms with Crippen LogP contribution in [-0.4, -0.2) is 36.2 Å². The summed E-state index contributed by atoms with van der Waals surface area (Å²) in [6, 6.07) is 0.715. The van der Waals surface area contributed by atoms with Gasteiger partial charge in [-0.25, -0.2) is 0 Å². The predicted molar refractivity (Wildman–Crippen MR) is 46.3 cm³/mol. The number of aliphatic hydroxyl groups is 1. The third kappa shape index (κ3) is 2.80. The summed E-state index contributed by atoms with van der Waals surface area (Å²) in [5.74, 6) is 0. The van der Waals surface area contributed by atoms with Gasteiger partial charge in [-0.15, -0.1) is 0 Å². The number of hydrogen-bond acceptors (Lipinski definition) is 2. The molecule has 2 nitrogen and oxygen atoms in total. The molecule has 0 aromatic rings. The van der Waals surface area contributed by atoms with Crippen molar-refractivity contribution in [3.05, 3.63) is 6.42 Å². The van der Waals surface area contributed by atoms with Crippen molar-refractivity contribution in [2.24, 2.45) is 0 Å². The molecular formula is C9H18NO. The number of hydrogen-bond donors (Lipinski definition) is 1. The van der Waals surface area contributed by atoms with Gasteiger partial charge in [-0.3, -0.25) is 0 Å². The normalized spacial score (nSPS) is 21.0. The van der Waals surface area contributed by atoms with Crippen molar-refractivity contribution in [3.8, 4) is 0 Å². The number of rotatable bonds is 3. The van der Waals surface area contributed by atoms with Crippen LogP contribution < -0.4 is 0 Å². The minimum Gasteiger partial charge on any atom is -0.395 e. The molecule has 0 aromatic carbocycles. The summed E-state index contributed by atoms with van der Waals surface area (Å²) in [7, 11) is 2.10. The molecule has 0 spiro atoms. The van der Waals surface area contributed by atoms with E-state index in [2.05, 4.69) is 18.4 Å². The largest absolute Gasteiger partial charge is 0.395 e. The van der Waals surface area contributed by atoms with Crippen LogP contribution in [0.15, 0.2) is 0 Å². The van der Waals surface area contributed by atoms with Crippen LogP contribution in [0.3, 0.4) is 0 Å². The molecule has 0 aromatic heterocycles. The van der Waals surface area contributed by atoms with Crippen molar-refractivity contribution in [1.29, 1.82) is 0 Å². The van der Waals surface area contributed by atoms with Gasteiger partial charge in [0.05, 0.1) is 6.61 Å². The van der Waals surface area contributed by atoms with Crippen molar-refractivity contribution in [2.45, 2.75) is 31.7 Å². The molecular weight excluding hydrogens is 138 g/mol. The molecule has 0 aliphatic heterocycles. The lowest BCUT2D eigenvalue weighted by Crippen LogP contribution is -2.35. The van der Waals surface area contributed by atoms with Gasteiger partial charge in [0.2, 0.25) is 0 Å². The SMILES string of the molecule is CN(CCO)C1CC[CH]CC1. The van der Waals surface area contributed by atoms with Crippen LogP contribution in [-0.2, 0) is 0 Å². The summed E-state index contributed by atoms with van der Waals surface area (Å²) in [6.07, 6.45) is 7.41. The zero-order valence-corrected chi connectivity index (χ0v) is 7.29. The first kappa shape index (κ1) is 9.01.